The third kappa shape index (κ3) is 4.21. The van der Waals surface area contributed by atoms with Gasteiger partial charge in [0.05, 0.1) is 10.6 Å². The van der Waals surface area contributed by atoms with Crippen LogP contribution >= 0.6 is 23.2 Å². The lowest BCUT2D eigenvalue weighted by Gasteiger charge is -2.39. The zero-order chi connectivity index (χ0) is 21.7. The Bertz CT molecular complexity index is 1000. The van der Waals surface area contributed by atoms with E-state index in [0.29, 0.717) is 32.9 Å². The zero-order valence-electron chi connectivity index (χ0n) is 17.5. The van der Waals surface area contributed by atoms with Crippen LogP contribution in [-0.4, -0.2) is 29.3 Å². The van der Waals surface area contributed by atoms with Gasteiger partial charge in [-0.25, -0.2) is 0 Å². The van der Waals surface area contributed by atoms with Gasteiger partial charge in [0.15, 0.2) is 0 Å². The number of carbonyl (C=O) groups is 2. The number of benzene rings is 2. The van der Waals surface area contributed by atoms with Gasteiger partial charge in [-0.3, -0.25) is 9.59 Å². The lowest BCUT2D eigenvalue weighted by molar-refractivity contribution is 0.0708. The molecule has 2 aliphatic rings. The first kappa shape index (κ1) is 21.2. The van der Waals surface area contributed by atoms with Crippen molar-refractivity contribution in [3.05, 3.63) is 63.6 Å². The van der Waals surface area contributed by atoms with Gasteiger partial charge >= 0.3 is 0 Å². The molecule has 4 nitrogen and oxygen atoms in total. The molecule has 1 aliphatic carbocycles. The Morgan fingerprint density at radius 3 is 2.40 bits per heavy atom. The van der Waals surface area contributed by atoms with E-state index in [9.17, 15) is 9.59 Å². The molecule has 30 heavy (non-hydrogen) atoms. The van der Waals surface area contributed by atoms with Gasteiger partial charge in [-0.2, -0.15) is 0 Å². The first-order chi connectivity index (χ1) is 14.1. The monoisotopic (exact) mass is 444 g/mol. The minimum Gasteiger partial charge on any atom is -0.335 e. The first-order valence-electron chi connectivity index (χ1n) is 10.2. The van der Waals surface area contributed by atoms with Crippen LogP contribution in [0.25, 0.3) is 0 Å². The largest absolute Gasteiger partial charge is 0.335 e. The molecule has 1 heterocycles. The van der Waals surface area contributed by atoms with E-state index in [0.717, 1.165) is 25.8 Å². The zero-order valence-corrected chi connectivity index (χ0v) is 19.0. The molecule has 2 aromatic carbocycles. The van der Waals surface area contributed by atoms with Gasteiger partial charge in [0.2, 0.25) is 0 Å². The van der Waals surface area contributed by atoms with Gasteiger partial charge in [0.25, 0.3) is 11.8 Å². The van der Waals surface area contributed by atoms with E-state index in [1.54, 1.807) is 36.4 Å². The number of likely N-dealkylation sites (tertiary alicyclic amines) is 1. The Morgan fingerprint density at radius 2 is 1.73 bits per heavy atom. The second-order valence-corrected chi connectivity index (χ2v) is 10.6. The molecule has 2 aromatic rings. The standard InChI is InChI=1S/C24H26Cl2N2O2/c1-23(2)11-18-12-24(3,13-23)14-28(18)22(30)15-4-7-17(8-5-15)27-21(29)19-9-6-16(25)10-20(19)26/h4-10,18H,11-14H2,1-3H3,(H,27,29)/t18-,24+/m0/s1. The maximum Gasteiger partial charge on any atom is 0.257 e. The van der Waals surface area contributed by atoms with E-state index in [1.165, 1.54) is 6.07 Å². The fraction of sp³-hybridized carbons (Fsp3) is 0.417. The first-order valence-corrected chi connectivity index (χ1v) is 11.0. The highest BCUT2D eigenvalue weighted by atomic mass is 35.5. The average Bonchev–Trinajstić information content (AvgIpc) is 2.90. The highest BCUT2D eigenvalue weighted by Crippen LogP contribution is 2.52. The van der Waals surface area contributed by atoms with Crippen LogP contribution in [-0.2, 0) is 0 Å². The van der Waals surface area contributed by atoms with Crippen LogP contribution in [0, 0.1) is 10.8 Å². The molecule has 1 saturated heterocycles. The van der Waals surface area contributed by atoms with E-state index >= 15 is 0 Å². The van der Waals surface area contributed by atoms with Crippen LogP contribution in [0.5, 0.6) is 0 Å². The molecule has 0 unspecified atom stereocenters. The molecule has 2 bridgehead atoms. The van der Waals surface area contributed by atoms with E-state index < -0.39 is 0 Å². The molecule has 2 atom stereocenters. The Hall–Kier alpha value is -2.04. The average molecular weight is 445 g/mol. The quantitative estimate of drug-likeness (QED) is 0.604. The van der Waals surface area contributed by atoms with Crippen molar-refractivity contribution >= 4 is 40.7 Å². The normalized spacial score (nSPS) is 24.6. The predicted molar refractivity (Wildman–Crippen MR) is 121 cm³/mol. The van der Waals surface area contributed by atoms with Crippen LogP contribution in [0.2, 0.25) is 10.0 Å². The van der Waals surface area contributed by atoms with Crippen LogP contribution in [0.1, 0.15) is 60.7 Å². The molecule has 1 N–H and O–H groups in total. The maximum absolute atomic E-state index is 13.2. The summed E-state index contributed by atoms with van der Waals surface area (Å²) in [4.78, 5) is 27.7. The van der Waals surface area contributed by atoms with Crippen molar-refractivity contribution in [3.8, 4) is 0 Å². The summed E-state index contributed by atoms with van der Waals surface area (Å²) in [6.45, 7) is 7.72. The van der Waals surface area contributed by atoms with E-state index in [-0.39, 0.29) is 22.6 Å². The second-order valence-electron chi connectivity index (χ2n) is 9.80. The molecule has 0 aromatic heterocycles. The number of halogens is 2. The van der Waals surface area contributed by atoms with Crippen LogP contribution in [0.3, 0.4) is 0 Å². The molecule has 2 fully saturated rings. The number of fused-ring (bicyclic) bond motifs is 2. The number of rotatable bonds is 3. The summed E-state index contributed by atoms with van der Waals surface area (Å²) in [5.41, 5.74) is 2.07. The summed E-state index contributed by atoms with van der Waals surface area (Å²) in [6, 6.07) is 12.1. The number of hydrogen-bond donors (Lipinski definition) is 1. The van der Waals surface area contributed by atoms with Crippen LogP contribution in [0.15, 0.2) is 42.5 Å². The smallest absolute Gasteiger partial charge is 0.257 e. The number of hydrogen-bond acceptors (Lipinski definition) is 2. The molecule has 2 amide bonds. The molecular formula is C24H26Cl2N2O2. The minimum atomic E-state index is -0.320. The number of nitrogens with one attached hydrogen (secondary N) is 1. The van der Waals surface area contributed by atoms with E-state index in [1.807, 2.05) is 0 Å². The molecule has 1 aliphatic heterocycles. The molecule has 0 radical (unpaired) electrons. The number of anilines is 1. The maximum atomic E-state index is 13.2. The summed E-state index contributed by atoms with van der Waals surface area (Å²) < 4.78 is 0. The highest BCUT2D eigenvalue weighted by Gasteiger charge is 2.50. The number of nitrogens with zero attached hydrogens (tertiary/aromatic N) is 1. The van der Waals surface area contributed by atoms with Gasteiger partial charge in [-0.05, 0) is 72.6 Å². The molecule has 4 rings (SSSR count). The van der Waals surface area contributed by atoms with Crippen molar-refractivity contribution in [1.82, 2.24) is 4.90 Å². The van der Waals surface area contributed by atoms with Crippen molar-refractivity contribution < 1.29 is 9.59 Å². The third-order valence-electron chi connectivity index (χ3n) is 6.24. The Balaban J connectivity index is 1.46. The Morgan fingerprint density at radius 1 is 1.03 bits per heavy atom. The van der Waals surface area contributed by atoms with E-state index in [2.05, 4.69) is 31.0 Å². The SMILES string of the molecule is CC1(C)C[C@H]2C[C@@](C)(CN2C(=O)c2ccc(NC(=O)c3ccc(Cl)cc3Cl)cc2)C1. The van der Waals surface area contributed by atoms with Crippen molar-refractivity contribution in [1.29, 1.82) is 0 Å². The lowest BCUT2D eigenvalue weighted by Crippen LogP contribution is -2.37. The van der Waals surface area contributed by atoms with Crippen molar-refractivity contribution in [2.75, 3.05) is 11.9 Å². The molecule has 6 heteroatoms. The summed E-state index contributed by atoms with van der Waals surface area (Å²) in [6.07, 6.45) is 3.28. The summed E-state index contributed by atoms with van der Waals surface area (Å²) in [5.74, 6) is -0.251. The topological polar surface area (TPSA) is 49.4 Å². The van der Waals surface area contributed by atoms with Crippen LogP contribution < -0.4 is 5.32 Å². The van der Waals surface area contributed by atoms with Gasteiger partial charge < -0.3 is 10.2 Å². The number of carbonyl (C=O) groups excluding carboxylic acids is 2. The lowest BCUT2D eigenvalue weighted by atomic mass is 9.65. The van der Waals surface area contributed by atoms with Crippen molar-refractivity contribution in [2.24, 2.45) is 10.8 Å². The fourth-order valence-corrected chi connectivity index (χ4v) is 5.93. The Kier molecular flexibility index (Phi) is 5.36. The molecular weight excluding hydrogens is 419 g/mol. The highest BCUT2D eigenvalue weighted by molar-refractivity contribution is 6.37. The van der Waals surface area contributed by atoms with E-state index in [4.69, 9.17) is 23.2 Å². The van der Waals surface area contributed by atoms with Crippen LogP contribution in [0.4, 0.5) is 5.69 Å². The summed E-state index contributed by atoms with van der Waals surface area (Å²) >= 11 is 12.0. The fourth-order valence-electron chi connectivity index (χ4n) is 5.43. The summed E-state index contributed by atoms with van der Waals surface area (Å²) in [7, 11) is 0. The molecule has 1 saturated carbocycles. The van der Waals surface area contributed by atoms with Crippen molar-refractivity contribution in [2.45, 2.75) is 46.1 Å². The van der Waals surface area contributed by atoms with Gasteiger partial charge in [-0.1, -0.05) is 44.0 Å². The Labute approximate surface area is 187 Å². The predicted octanol–water partition coefficient (Wildman–Crippen LogP) is 6.29. The third-order valence-corrected chi connectivity index (χ3v) is 6.79. The second kappa shape index (κ2) is 7.58. The van der Waals surface area contributed by atoms with Gasteiger partial charge in [-0.15, -0.1) is 0 Å². The molecule has 158 valence electrons. The van der Waals surface area contributed by atoms with Gasteiger partial charge in [0.1, 0.15) is 0 Å². The molecule has 0 spiro atoms. The minimum absolute atomic E-state index is 0.0695. The number of amides is 2. The van der Waals surface area contributed by atoms with Gasteiger partial charge in [0, 0.05) is 28.9 Å². The van der Waals surface area contributed by atoms with Crippen molar-refractivity contribution in [3.63, 3.8) is 0 Å². The summed E-state index contributed by atoms with van der Waals surface area (Å²) in [5, 5.41) is 3.59.